The van der Waals surface area contributed by atoms with Crippen molar-refractivity contribution >= 4 is 27.0 Å². The maximum atomic E-state index is 13.4. The summed E-state index contributed by atoms with van der Waals surface area (Å²) < 4.78 is 22.0. The molecule has 8 nitrogen and oxygen atoms in total. The van der Waals surface area contributed by atoms with E-state index in [0.717, 1.165) is 11.3 Å². The van der Waals surface area contributed by atoms with Crippen LogP contribution in [0.1, 0.15) is 11.5 Å². The monoisotopic (exact) mass is 480 g/mol. The molecule has 2 aromatic carbocycles. The minimum Gasteiger partial charge on any atom is -0.337 e. The maximum Gasteiger partial charge on any atom is 0.264 e. The van der Waals surface area contributed by atoms with Crippen molar-refractivity contribution in [1.82, 2.24) is 29.5 Å². The molecule has 0 saturated carbocycles. The summed E-state index contributed by atoms with van der Waals surface area (Å²) in [5.74, 6) is 0.138. The lowest BCUT2D eigenvalue weighted by atomic mass is 10.2. The van der Waals surface area contributed by atoms with E-state index in [2.05, 4.69) is 36.2 Å². The first kappa shape index (κ1) is 19.3. The van der Waals surface area contributed by atoms with Gasteiger partial charge >= 0.3 is 0 Å². The third kappa shape index (κ3) is 3.55. The van der Waals surface area contributed by atoms with Crippen LogP contribution in [0.15, 0.2) is 68.8 Å². The molecule has 0 spiro atoms. The zero-order chi connectivity index (χ0) is 21.5. The van der Waals surface area contributed by atoms with E-state index in [1.54, 1.807) is 16.8 Å². The molecule has 0 aliphatic heterocycles. The Labute approximate surface area is 183 Å². The number of halogens is 2. The summed E-state index contributed by atoms with van der Waals surface area (Å²) in [4.78, 5) is 21.6. The minimum absolute atomic E-state index is 0.0485. The summed E-state index contributed by atoms with van der Waals surface area (Å²) in [6, 6.07) is 12.2. The summed E-state index contributed by atoms with van der Waals surface area (Å²) in [7, 11) is 0. The first-order valence-corrected chi connectivity index (χ1v) is 10.1. The van der Waals surface area contributed by atoms with Gasteiger partial charge in [0.15, 0.2) is 5.65 Å². The largest absolute Gasteiger partial charge is 0.337 e. The van der Waals surface area contributed by atoms with E-state index in [1.807, 2.05) is 31.2 Å². The Bertz CT molecular complexity index is 1470. The van der Waals surface area contributed by atoms with Gasteiger partial charge < -0.3 is 4.52 Å². The van der Waals surface area contributed by atoms with Crippen molar-refractivity contribution in [2.24, 2.45) is 0 Å². The normalized spacial score (nSPS) is 11.3. The predicted molar refractivity (Wildman–Crippen MR) is 114 cm³/mol. The van der Waals surface area contributed by atoms with E-state index in [0.29, 0.717) is 26.9 Å². The number of rotatable bonds is 4. The van der Waals surface area contributed by atoms with E-state index in [1.165, 1.54) is 23.2 Å². The van der Waals surface area contributed by atoms with Crippen LogP contribution in [0.25, 0.3) is 28.1 Å². The Morgan fingerprint density at radius 2 is 1.97 bits per heavy atom. The van der Waals surface area contributed by atoms with Crippen molar-refractivity contribution in [3.05, 3.63) is 87.1 Å². The van der Waals surface area contributed by atoms with Crippen LogP contribution < -0.4 is 5.56 Å². The summed E-state index contributed by atoms with van der Waals surface area (Å²) in [6.07, 6.45) is 2.92. The molecule has 0 unspecified atom stereocenters. The molecule has 0 bridgehead atoms. The van der Waals surface area contributed by atoms with Crippen molar-refractivity contribution in [2.45, 2.75) is 13.5 Å². The van der Waals surface area contributed by atoms with Crippen molar-refractivity contribution < 1.29 is 8.91 Å². The van der Waals surface area contributed by atoms with Gasteiger partial charge in [0, 0.05) is 5.56 Å². The van der Waals surface area contributed by atoms with Gasteiger partial charge in [-0.3, -0.25) is 9.36 Å². The van der Waals surface area contributed by atoms with Gasteiger partial charge in [-0.1, -0.05) is 22.9 Å². The molecule has 5 rings (SSSR count). The number of aromatic nitrogens is 6. The molecule has 3 heterocycles. The molecule has 3 aromatic heterocycles. The van der Waals surface area contributed by atoms with Crippen molar-refractivity contribution in [3.63, 3.8) is 0 Å². The lowest BCUT2D eigenvalue weighted by molar-refractivity contribution is 0.369. The van der Waals surface area contributed by atoms with Crippen molar-refractivity contribution in [1.29, 1.82) is 0 Å². The number of nitrogens with zero attached hydrogens (tertiary/aromatic N) is 6. The molecular formula is C21H14BrFN6O2. The Balaban J connectivity index is 1.46. The van der Waals surface area contributed by atoms with Gasteiger partial charge in [0.1, 0.15) is 24.1 Å². The van der Waals surface area contributed by atoms with E-state index in [-0.39, 0.29) is 23.8 Å². The van der Waals surface area contributed by atoms with Crippen molar-refractivity contribution in [2.75, 3.05) is 0 Å². The van der Waals surface area contributed by atoms with Gasteiger partial charge in [0.25, 0.3) is 5.56 Å². The first-order chi connectivity index (χ1) is 15.0. The van der Waals surface area contributed by atoms with E-state index in [9.17, 15) is 9.18 Å². The highest BCUT2D eigenvalue weighted by molar-refractivity contribution is 9.10. The molecule has 10 heteroatoms. The summed E-state index contributed by atoms with van der Waals surface area (Å²) in [5.41, 5.74) is 2.73. The molecule has 0 radical (unpaired) electrons. The minimum atomic E-state index is -0.385. The van der Waals surface area contributed by atoms with Gasteiger partial charge in [-0.05, 0) is 53.2 Å². The van der Waals surface area contributed by atoms with Gasteiger partial charge in [-0.25, -0.2) is 14.1 Å². The number of hydrogen-bond donors (Lipinski definition) is 0. The molecule has 0 atom stereocenters. The Kier molecular flexibility index (Phi) is 4.70. The van der Waals surface area contributed by atoms with Gasteiger partial charge in [-0.2, -0.15) is 10.1 Å². The quantitative estimate of drug-likeness (QED) is 0.387. The predicted octanol–water partition coefficient (Wildman–Crippen LogP) is 3.89. The first-order valence-electron chi connectivity index (χ1n) is 9.28. The molecule has 0 N–H and O–H groups in total. The zero-order valence-electron chi connectivity index (χ0n) is 16.2. The number of benzene rings is 2. The maximum absolute atomic E-state index is 13.4. The fraction of sp³-hybridized carbons (Fsp3) is 0.0952. The fourth-order valence-corrected chi connectivity index (χ4v) is 3.53. The molecule has 0 amide bonds. The number of aryl methyl sites for hydroxylation is 1. The van der Waals surface area contributed by atoms with Crippen LogP contribution in [0.4, 0.5) is 4.39 Å². The highest BCUT2D eigenvalue weighted by Crippen LogP contribution is 2.23. The topological polar surface area (TPSA) is 91.6 Å². The second kappa shape index (κ2) is 7.55. The molecule has 154 valence electrons. The van der Waals surface area contributed by atoms with Crippen LogP contribution in [0.2, 0.25) is 0 Å². The third-order valence-corrected chi connectivity index (χ3v) is 5.39. The van der Waals surface area contributed by atoms with Crippen LogP contribution >= 0.6 is 15.9 Å². The zero-order valence-corrected chi connectivity index (χ0v) is 17.7. The number of hydrogen-bond acceptors (Lipinski definition) is 6. The van der Waals surface area contributed by atoms with E-state index in [4.69, 9.17) is 4.52 Å². The smallest absolute Gasteiger partial charge is 0.264 e. The molecule has 0 saturated heterocycles. The SMILES string of the molecule is Cc1ccc(-n2ncc3c(=O)n(Cc4nc(-c5ccc(F)c(Br)c5)no4)cnc32)cc1. The molecule has 31 heavy (non-hydrogen) atoms. The summed E-state index contributed by atoms with van der Waals surface area (Å²) in [6.45, 7) is 2.05. The van der Waals surface area contributed by atoms with Crippen LogP contribution in [0, 0.1) is 12.7 Å². The van der Waals surface area contributed by atoms with Crippen LogP contribution in [0.5, 0.6) is 0 Å². The molecule has 0 aliphatic carbocycles. The van der Waals surface area contributed by atoms with E-state index < -0.39 is 0 Å². The lowest BCUT2D eigenvalue weighted by Gasteiger charge is -2.05. The fourth-order valence-electron chi connectivity index (χ4n) is 3.15. The van der Waals surface area contributed by atoms with Crippen LogP contribution in [0.3, 0.4) is 0 Å². The van der Waals surface area contributed by atoms with Gasteiger partial charge in [0.05, 0.1) is 16.4 Å². The average molecular weight is 481 g/mol. The van der Waals surface area contributed by atoms with Gasteiger partial charge in [-0.15, -0.1) is 0 Å². The second-order valence-corrected chi connectivity index (χ2v) is 7.80. The summed E-state index contributed by atoms with van der Waals surface area (Å²) in [5, 5.41) is 8.61. The van der Waals surface area contributed by atoms with Crippen molar-refractivity contribution in [3.8, 4) is 17.1 Å². The van der Waals surface area contributed by atoms with Gasteiger partial charge in [0.2, 0.25) is 11.7 Å². The molecular weight excluding hydrogens is 467 g/mol. The standard InChI is InChI=1S/C21H14BrFN6O2/c1-12-2-5-14(6-3-12)29-20-15(9-25-29)21(30)28(11-24-20)10-18-26-19(27-31-18)13-4-7-17(23)16(22)8-13/h2-9,11H,10H2,1H3. The highest BCUT2D eigenvalue weighted by Gasteiger charge is 2.15. The Morgan fingerprint density at radius 1 is 1.16 bits per heavy atom. The highest BCUT2D eigenvalue weighted by atomic mass is 79.9. The molecule has 0 aliphatic rings. The Hall–Kier alpha value is -3.66. The second-order valence-electron chi connectivity index (χ2n) is 6.95. The third-order valence-electron chi connectivity index (χ3n) is 4.78. The van der Waals surface area contributed by atoms with Crippen LogP contribution in [-0.4, -0.2) is 29.5 Å². The summed E-state index contributed by atoms with van der Waals surface area (Å²) >= 11 is 3.14. The molecule has 5 aromatic rings. The number of fused-ring (bicyclic) bond motifs is 1. The molecule has 0 fully saturated rings. The van der Waals surface area contributed by atoms with E-state index >= 15 is 0 Å². The Morgan fingerprint density at radius 3 is 2.74 bits per heavy atom. The lowest BCUT2D eigenvalue weighted by Crippen LogP contribution is -2.21. The van der Waals surface area contributed by atoms with Crippen LogP contribution in [-0.2, 0) is 6.54 Å². The average Bonchev–Trinajstić information content (AvgIpc) is 3.40.